The second kappa shape index (κ2) is 12.0. The van der Waals surface area contributed by atoms with Crippen molar-refractivity contribution in [3.05, 3.63) is 94.2 Å². The minimum atomic E-state index is -0.718. The summed E-state index contributed by atoms with van der Waals surface area (Å²) < 4.78 is 21.2. The van der Waals surface area contributed by atoms with Gasteiger partial charge in [-0.15, -0.1) is 0 Å². The van der Waals surface area contributed by atoms with Crippen LogP contribution in [0.15, 0.2) is 71.7 Å². The van der Waals surface area contributed by atoms with Gasteiger partial charge < -0.3 is 14.2 Å². The lowest BCUT2D eigenvalue weighted by molar-refractivity contribution is -0.0665. The highest BCUT2D eigenvalue weighted by molar-refractivity contribution is 5.70. The largest absolute Gasteiger partial charge is 0.438 e. The zero-order chi connectivity index (χ0) is 26.3. The highest BCUT2D eigenvalue weighted by atomic mass is 19.1. The fourth-order valence-corrected chi connectivity index (χ4v) is 4.66. The highest BCUT2D eigenvalue weighted by Crippen LogP contribution is 2.41. The molecule has 1 fully saturated rings. The van der Waals surface area contributed by atoms with Gasteiger partial charge in [0, 0.05) is 33.7 Å². The Morgan fingerprint density at radius 3 is 2.22 bits per heavy atom. The molecule has 0 bridgehead atoms. The average molecular weight is 495 g/mol. The first-order chi connectivity index (χ1) is 17.3. The first kappa shape index (κ1) is 27.2. The third kappa shape index (κ3) is 5.86. The lowest BCUT2D eigenvalue weighted by Crippen LogP contribution is -2.48. The third-order valence-corrected chi connectivity index (χ3v) is 6.86. The summed E-state index contributed by atoms with van der Waals surface area (Å²) in [6, 6.07) is 17.6. The van der Waals surface area contributed by atoms with Gasteiger partial charge in [-0.25, -0.2) is 9.18 Å². The molecule has 0 saturated carbocycles. The lowest BCUT2D eigenvalue weighted by atomic mass is 9.84. The summed E-state index contributed by atoms with van der Waals surface area (Å²) in [4.78, 5) is 26.6. The van der Waals surface area contributed by atoms with Crippen molar-refractivity contribution >= 4 is 6.09 Å². The summed E-state index contributed by atoms with van der Waals surface area (Å²) in [5.41, 5.74) is 3.05. The topological polar surface area (TPSA) is 51.5 Å². The molecule has 1 saturated heterocycles. The van der Waals surface area contributed by atoms with Gasteiger partial charge in [0.1, 0.15) is 11.4 Å². The third-order valence-electron chi connectivity index (χ3n) is 6.86. The molecule has 1 aliphatic rings. The number of amides is 1. The van der Waals surface area contributed by atoms with E-state index >= 15 is 0 Å². The molecule has 194 valence electrons. The number of cyclic esters (lactones) is 1. The van der Waals surface area contributed by atoms with E-state index in [1.165, 1.54) is 12.1 Å². The molecule has 1 amide bonds. The number of carbonyl (C=O) groups is 1. The predicted octanol–water partition coefficient (Wildman–Crippen LogP) is 7.45. The molecular formula is C30H39FN2O3. The maximum atomic E-state index is 13.5. The Hall–Kier alpha value is -3.41. The number of aryl methyl sites for hydroxylation is 1. The quantitative estimate of drug-likeness (QED) is 0.343. The number of hydrogen-bond donors (Lipinski definition) is 0. The molecule has 0 spiro atoms. The Bertz CT molecular complexity index is 1210. The molecular weight excluding hydrogens is 455 g/mol. The van der Waals surface area contributed by atoms with Crippen LogP contribution in [0.5, 0.6) is 0 Å². The standard InChI is InChI=1S/C28H31FN2O3.C2H6.H2/c1-4-5-16-28(24-11-13-25(29)14-12-24)17-18-31(27(33)34-28)20(2)21-6-8-22(9-7-21)23-10-15-26(32)30(3)19-23;1-2;/h6-15,19-20H,4-5,16-18H2,1-3H3;1-2H3;1H/t20-,28+;;/m0../s1. The maximum absolute atomic E-state index is 13.5. The zero-order valence-electron chi connectivity index (χ0n) is 22.0. The van der Waals surface area contributed by atoms with Crippen LogP contribution in [-0.2, 0) is 17.4 Å². The van der Waals surface area contributed by atoms with E-state index in [1.807, 2.05) is 57.3 Å². The van der Waals surface area contributed by atoms with Crippen LogP contribution in [0.1, 0.15) is 72.0 Å². The first-order valence-corrected chi connectivity index (χ1v) is 12.9. The number of hydrogen-bond acceptors (Lipinski definition) is 3. The number of nitrogens with zero attached hydrogens (tertiary/aromatic N) is 2. The smallest absolute Gasteiger partial charge is 0.411 e. The van der Waals surface area contributed by atoms with Crippen LogP contribution in [0.2, 0.25) is 0 Å². The number of carbonyl (C=O) groups excluding carboxylic acids is 1. The van der Waals surface area contributed by atoms with Crippen LogP contribution in [0.3, 0.4) is 0 Å². The molecule has 3 aromatic rings. The Morgan fingerprint density at radius 1 is 1.00 bits per heavy atom. The van der Waals surface area contributed by atoms with Crippen molar-refractivity contribution in [1.82, 2.24) is 9.47 Å². The molecule has 2 aromatic carbocycles. The SMILES string of the molecule is CC.CCCC[C@]1(c2ccc(F)cc2)CCN([C@@H](C)c2ccc(-c3ccc(=O)n(C)c3)cc2)C(=O)O1.[HH]. The monoisotopic (exact) mass is 494 g/mol. The normalized spacial score (nSPS) is 18.2. The Labute approximate surface area is 215 Å². The van der Waals surface area contributed by atoms with E-state index in [9.17, 15) is 14.0 Å². The molecule has 1 aromatic heterocycles. The van der Waals surface area contributed by atoms with Crippen LogP contribution in [0.25, 0.3) is 11.1 Å². The van der Waals surface area contributed by atoms with Gasteiger partial charge in [0.2, 0.25) is 5.56 Å². The zero-order valence-corrected chi connectivity index (χ0v) is 22.0. The summed E-state index contributed by atoms with van der Waals surface area (Å²) in [5, 5.41) is 0. The fraction of sp³-hybridized carbons (Fsp3) is 0.400. The molecule has 0 aliphatic carbocycles. The number of unbranched alkanes of at least 4 members (excludes halogenated alkanes) is 1. The van der Waals surface area contributed by atoms with E-state index in [1.54, 1.807) is 34.7 Å². The van der Waals surface area contributed by atoms with Gasteiger partial charge in [0.05, 0.1) is 6.04 Å². The van der Waals surface area contributed by atoms with Gasteiger partial charge in [0.25, 0.3) is 0 Å². The van der Waals surface area contributed by atoms with Gasteiger partial charge in [-0.05, 0) is 60.2 Å². The second-order valence-corrected chi connectivity index (χ2v) is 9.08. The lowest BCUT2D eigenvalue weighted by Gasteiger charge is -2.43. The highest BCUT2D eigenvalue weighted by Gasteiger charge is 2.43. The number of benzene rings is 2. The molecule has 2 heterocycles. The van der Waals surface area contributed by atoms with Crippen molar-refractivity contribution in [2.24, 2.45) is 7.05 Å². The number of rotatable bonds is 7. The van der Waals surface area contributed by atoms with Crippen LogP contribution in [0.4, 0.5) is 9.18 Å². The summed E-state index contributed by atoms with van der Waals surface area (Å²) >= 11 is 0. The minimum Gasteiger partial charge on any atom is -0.438 e. The molecule has 0 unspecified atom stereocenters. The van der Waals surface area contributed by atoms with E-state index in [0.717, 1.165) is 41.5 Å². The molecule has 6 heteroatoms. The van der Waals surface area contributed by atoms with Gasteiger partial charge in [-0.3, -0.25) is 4.79 Å². The number of halogens is 1. The molecule has 2 atom stereocenters. The van der Waals surface area contributed by atoms with Crippen molar-refractivity contribution < 1.29 is 15.3 Å². The van der Waals surface area contributed by atoms with Crippen LogP contribution in [-0.4, -0.2) is 22.1 Å². The Balaban J connectivity index is 0.00000157. The van der Waals surface area contributed by atoms with Gasteiger partial charge in [-0.1, -0.05) is 63.6 Å². The summed E-state index contributed by atoms with van der Waals surface area (Å²) in [6.07, 6.45) is 4.76. The van der Waals surface area contributed by atoms with Crippen molar-refractivity contribution in [3.8, 4) is 11.1 Å². The van der Waals surface area contributed by atoms with Gasteiger partial charge >= 0.3 is 6.09 Å². The molecule has 0 N–H and O–H groups in total. The van der Waals surface area contributed by atoms with E-state index in [-0.39, 0.29) is 24.9 Å². The summed E-state index contributed by atoms with van der Waals surface area (Å²) in [5.74, 6) is -0.298. The number of aromatic nitrogens is 1. The predicted molar refractivity (Wildman–Crippen MR) is 144 cm³/mol. The van der Waals surface area contributed by atoms with Crippen molar-refractivity contribution in [2.45, 2.75) is 65.0 Å². The Kier molecular flexibility index (Phi) is 9.08. The van der Waals surface area contributed by atoms with Crippen LogP contribution >= 0.6 is 0 Å². The molecule has 5 nitrogen and oxygen atoms in total. The minimum absolute atomic E-state index is 0. The number of ether oxygens (including phenoxy) is 1. The molecule has 36 heavy (non-hydrogen) atoms. The van der Waals surface area contributed by atoms with Gasteiger partial charge in [-0.2, -0.15) is 0 Å². The van der Waals surface area contributed by atoms with E-state index in [0.29, 0.717) is 13.0 Å². The van der Waals surface area contributed by atoms with Gasteiger partial charge in [0.15, 0.2) is 0 Å². The summed E-state index contributed by atoms with van der Waals surface area (Å²) in [7, 11) is 1.73. The number of pyridine rings is 1. The fourth-order valence-electron chi connectivity index (χ4n) is 4.66. The van der Waals surface area contributed by atoms with E-state index in [2.05, 4.69) is 6.92 Å². The second-order valence-electron chi connectivity index (χ2n) is 9.08. The maximum Gasteiger partial charge on any atom is 0.411 e. The summed E-state index contributed by atoms with van der Waals surface area (Å²) in [6.45, 7) is 8.67. The van der Waals surface area contributed by atoms with Crippen molar-refractivity contribution in [3.63, 3.8) is 0 Å². The van der Waals surface area contributed by atoms with Crippen LogP contribution < -0.4 is 5.56 Å². The van der Waals surface area contributed by atoms with E-state index in [4.69, 9.17) is 4.74 Å². The Morgan fingerprint density at radius 2 is 1.64 bits per heavy atom. The van der Waals surface area contributed by atoms with Crippen LogP contribution in [0, 0.1) is 5.82 Å². The van der Waals surface area contributed by atoms with E-state index < -0.39 is 5.60 Å². The first-order valence-electron chi connectivity index (χ1n) is 12.9. The van der Waals surface area contributed by atoms with Crippen molar-refractivity contribution in [2.75, 3.05) is 6.54 Å². The molecule has 4 rings (SSSR count). The van der Waals surface area contributed by atoms with Crippen molar-refractivity contribution in [1.29, 1.82) is 0 Å². The molecule has 0 radical (unpaired) electrons. The molecule has 1 aliphatic heterocycles. The average Bonchev–Trinajstić information content (AvgIpc) is 2.90.